The third-order valence-electron chi connectivity index (χ3n) is 3.79. The van der Waals surface area contributed by atoms with E-state index < -0.39 is 0 Å². The van der Waals surface area contributed by atoms with E-state index >= 15 is 0 Å². The predicted molar refractivity (Wildman–Crippen MR) is 87.8 cm³/mol. The van der Waals surface area contributed by atoms with Crippen LogP contribution in [0, 0.1) is 0 Å². The summed E-state index contributed by atoms with van der Waals surface area (Å²) >= 11 is 1.66. The van der Waals surface area contributed by atoms with Gasteiger partial charge in [0.2, 0.25) is 5.91 Å². The minimum absolute atomic E-state index is 0.0600. The molecule has 0 saturated carbocycles. The van der Waals surface area contributed by atoms with Gasteiger partial charge in [0, 0.05) is 29.9 Å². The molecule has 2 rings (SSSR count). The van der Waals surface area contributed by atoms with Crippen LogP contribution >= 0.6 is 11.3 Å². The Morgan fingerprint density at radius 2 is 2.29 bits per heavy atom. The molecule has 1 aliphatic rings. The number of aromatic nitrogens is 1. The molecule has 4 nitrogen and oxygen atoms in total. The molecule has 21 heavy (non-hydrogen) atoms. The van der Waals surface area contributed by atoms with Gasteiger partial charge in [-0.05, 0) is 19.4 Å². The van der Waals surface area contributed by atoms with Crippen LogP contribution in [0.5, 0.6) is 0 Å². The van der Waals surface area contributed by atoms with Crippen molar-refractivity contribution in [3.05, 3.63) is 16.1 Å². The van der Waals surface area contributed by atoms with Gasteiger partial charge in [-0.2, -0.15) is 0 Å². The first kappa shape index (κ1) is 16.4. The summed E-state index contributed by atoms with van der Waals surface area (Å²) < 4.78 is 0. The van der Waals surface area contributed by atoms with Crippen LogP contribution in [0.1, 0.15) is 51.2 Å². The topological polar surface area (TPSA) is 45.2 Å². The fourth-order valence-electron chi connectivity index (χ4n) is 2.65. The van der Waals surface area contributed by atoms with E-state index in [1.807, 2.05) is 5.38 Å². The van der Waals surface area contributed by atoms with Crippen molar-refractivity contribution in [3.8, 4) is 0 Å². The zero-order chi connectivity index (χ0) is 15.5. The molecule has 0 bridgehead atoms. The van der Waals surface area contributed by atoms with Gasteiger partial charge in [-0.15, -0.1) is 11.3 Å². The number of carbonyl (C=O) groups is 1. The Labute approximate surface area is 132 Å². The number of nitrogens with zero attached hydrogens (tertiary/aromatic N) is 2. The number of thiazole rings is 1. The second-order valence-corrected chi connectivity index (χ2v) is 7.66. The molecular weight excluding hydrogens is 282 g/mol. The lowest BCUT2D eigenvalue weighted by molar-refractivity contribution is -0.132. The maximum Gasteiger partial charge on any atom is 0.228 e. The molecule has 2 heterocycles. The van der Waals surface area contributed by atoms with Gasteiger partial charge < -0.3 is 10.2 Å². The van der Waals surface area contributed by atoms with Crippen molar-refractivity contribution >= 4 is 17.2 Å². The van der Waals surface area contributed by atoms with Crippen molar-refractivity contribution in [1.29, 1.82) is 0 Å². The number of nitrogens with one attached hydrogen (secondary N) is 1. The van der Waals surface area contributed by atoms with Crippen LogP contribution in [-0.2, 0) is 16.6 Å². The first-order valence-corrected chi connectivity index (χ1v) is 8.75. The lowest BCUT2D eigenvalue weighted by Crippen LogP contribution is -2.42. The molecule has 1 aliphatic heterocycles. The third kappa shape index (κ3) is 4.27. The summed E-state index contributed by atoms with van der Waals surface area (Å²) in [6.07, 6.45) is 2.51. The predicted octanol–water partition coefficient (Wildman–Crippen LogP) is 2.58. The van der Waals surface area contributed by atoms with E-state index in [1.54, 1.807) is 11.3 Å². The van der Waals surface area contributed by atoms with E-state index in [0.717, 1.165) is 43.2 Å². The summed E-state index contributed by atoms with van der Waals surface area (Å²) in [7, 11) is 0. The third-order valence-corrected chi connectivity index (χ3v) is 5.10. The van der Waals surface area contributed by atoms with Crippen LogP contribution in [0.25, 0.3) is 0 Å². The molecule has 1 aromatic rings. The van der Waals surface area contributed by atoms with Crippen LogP contribution < -0.4 is 5.32 Å². The molecule has 1 aromatic heterocycles. The number of hydrogen-bond donors (Lipinski definition) is 1. The second kappa shape index (κ2) is 6.88. The molecule has 0 radical (unpaired) electrons. The van der Waals surface area contributed by atoms with Crippen molar-refractivity contribution in [2.24, 2.45) is 0 Å². The van der Waals surface area contributed by atoms with Gasteiger partial charge >= 0.3 is 0 Å². The average Bonchev–Trinajstić information content (AvgIpc) is 3.05. The normalized spacial score (nSPS) is 19.0. The highest BCUT2D eigenvalue weighted by atomic mass is 32.1. The minimum Gasteiger partial charge on any atom is -0.338 e. The summed E-state index contributed by atoms with van der Waals surface area (Å²) in [6.45, 7) is 11.4. The monoisotopic (exact) mass is 309 g/mol. The van der Waals surface area contributed by atoms with Gasteiger partial charge in [-0.3, -0.25) is 4.79 Å². The Kier molecular flexibility index (Phi) is 5.38. The smallest absolute Gasteiger partial charge is 0.228 e. The molecule has 1 N–H and O–H groups in total. The van der Waals surface area contributed by atoms with Crippen molar-refractivity contribution in [2.75, 3.05) is 19.6 Å². The summed E-state index contributed by atoms with van der Waals surface area (Å²) in [5.41, 5.74) is 0.978. The van der Waals surface area contributed by atoms with E-state index in [0.29, 0.717) is 12.5 Å². The molecule has 1 saturated heterocycles. The molecule has 1 amide bonds. The molecule has 1 unspecified atom stereocenters. The molecule has 0 aromatic carbocycles. The van der Waals surface area contributed by atoms with Crippen LogP contribution in [0.3, 0.4) is 0 Å². The molecule has 0 aliphatic carbocycles. The van der Waals surface area contributed by atoms with Crippen molar-refractivity contribution in [2.45, 2.75) is 58.4 Å². The summed E-state index contributed by atoms with van der Waals surface area (Å²) in [5, 5.41) is 6.49. The van der Waals surface area contributed by atoms with E-state index in [-0.39, 0.29) is 11.3 Å². The Balaban J connectivity index is 2.02. The molecule has 1 atom stereocenters. The van der Waals surface area contributed by atoms with E-state index in [9.17, 15) is 4.79 Å². The summed E-state index contributed by atoms with van der Waals surface area (Å²) in [5.74, 6) is 0.219. The van der Waals surface area contributed by atoms with Crippen LogP contribution in [0.2, 0.25) is 0 Å². The van der Waals surface area contributed by atoms with E-state index in [2.05, 4.69) is 42.9 Å². The van der Waals surface area contributed by atoms with Crippen LogP contribution in [-0.4, -0.2) is 41.5 Å². The van der Waals surface area contributed by atoms with Crippen LogP contribution in [0.4, 0.5) is 0 Å². The van der Waals surface area contributed by atoms with Gasteiger partial charge in [0.05, 0.1) is 17.1 Å². The van der Waals surface area contributed by atoms with Crippen molar-refractivity contribution in [3.63, 3.8) is 0 Å². The first-order valence-electron chi connectivity index (χ1n) is 7.87. The molecule has 0 spiro atoms. The first-order chi connectivity index (χ1) is 9.91. The number of hydrogen-bond acceptors (Lipinski definition) is 4. The summed E-state index contributed by atoms with van der Waals surface area (Å²) in [4.78, 5) is 19.3. The largest absolute Gasteiger partial charge is 0.338 e. The van der Waals surface area contributed by atoms with Gasteiger partial charge in [-0.1, -0.05) is 27.7 Å². The number of carbonyl (C=O) groups excluding carboxylic acids is 1. The zero-order valence-corrected chi connectivity index (χ0v) is 14.4. The number of rotatable bonds is 5. The quantitative estimate of drug-likeness (QED) is 0.909. The van der Waals surface area contributed by atoms with Gasteiger partial charge in [0.1, 0.15) is 0 Å². The highest BCUT2D eigenvalue weighted by molar-refractivity contribution is 7.09. The van der Waals surface area contributed by atoms with Gasteiger partial charge in [-0.25, -0.2) is 4.98 Å². The van der Waals surface area contributed by atoms with Gasteiger partial charge in [0.25, 0.3) is 0 Å². The number of amides is 1. The standard InChI is InChI=1S/C16H27N3OS/c1-5-8-19(13-6-7-17-10-13)14(20)9-12-11-21-15(18-12)16(2,3)4/h11,13,17H,5-10H2,1-4H3. The SMILES string of the molecule is CCCN(C(=O)Cc1csc(C(C)(C)C)n1)C1CCNC1. The molecule has 1 fully saturated rings. The molecule has 118 valence electrons. The minimum atomic E-state index is 0.0600. The molecular formula is C16H27N3OS. The highest BCUT2D eigenvalue weighted by Gasteiger charge is 2.26. The maximum atomic E-state index is 12.6. The Morgan fingerprint density at radius 1 is 1.52 bits per heavy atom. The van der Waals surface area contributed by atoms with Crippen molar-refractivity contribution < 1.29 is 4.79 Å². The maximum absolute atomic E-state index is 12.6. The fraction of sp³-hybridized carbons (Fsp3) is 0.750. The Morgan fingerprint density at radius 3 is 2.81 bits per heavy atom. The average molecular weight is 309 g/mol. The van der Waals surface area contributed by atoms with E-state index in [4.69, 9.17) is 0 Å². The second-order valence-electron chi connectivity index (χ2n) is 6.80. The highest BCUT2D eigenvalue weighted by Crippen LogP contribution is 2.26. The summed E-state index contributed by atoms with van der Waals surface area (Å²) in [6, 6.07) is 0.359. The molecule has 5 heteroatoms. The van der Waals surface area contributed by atoms with Gasteiger partial charge in [0.15, 0.2) is 0 Å². The zero-order valence-electron chi connectivity index (χ0n) is 13.6. The fourth-order valence-corrected chi connectivity index (χ4v) is 3.55. The lowest BCUT2D eigenvalue weighted by atomic mass is 9.98. The Bertz CT molecular complexity index is 472. The lowest BCUT2D eigenvalue weighted by Gasteiger charge is -2.28. The van der Waals surface area contributed by atoms with E-state index in [1.165, 1.54) is 0 Å². The Hall–Kier alpha value is -0.940. The van der Waals surface area contributed by atoms with Crippen molar-refractivity contribution in [1.82, 2.24) is 15.2 Å². The van der Waals surface area contributed by atoms with Crippen LogP contribution in [0.15, 0.2) is 5.38 Å².